The molecule has 0 saturated heterocycles. The van der Waals surface area contributed by atoms with E-state index in [-0.39, 0.29) is 6.61 Å². The molecular formula is C50H83BrO. The smallest absolute Gasteiger partial charge is 0.0614 e. The molecule has 0 aliphatic carbocycles. The zero-order chi connectivity index (χ0) is 39.6. The Kier molecular flexibility index (Phi) is 35.8. The molecule has 2 heteroatoms. The first-order chi connectivity index (χ1) is 24.7. The fourth-order valence-corrected chi connectivity index (χ4v) is 6.11. The Bertz CT molecular complexity index is 1140. The maximum Gasteiger partial charge on any atom is 0.0614 e. The van der Waals surface area contributed by atoms with Gasteiger partial charge in [-0.1, -0.05) is 132 Å². The third-order valence-corrected chi connectivity index (χ3v) is 9.56. The van der Waals surface area contributed by atoms with Crippen molar-refractivity contribution < 1.29 is 5.11 Å². The highest BCUT2D eigenvalue weighted by molar-refractivity contribution is 9.09. The maximum atomic E-state index is 8.86. The van der Waals surface area contributed by atoms with Crippen LogP contribution in [0.4, 0.5) is 0 Å². The minimum atomic E-state index is 0.156. The van der Waals surface area contributed by atoms with Crippen LogP contribution >= 0.6 is 15.9 Å². The Hall–Kier alpha value is -2.16. The normalized spacial score (nSPS) is 14.0. The minimum Gasteiger partial charge on any atom is -0.392 e. The Morgan fingerprint density at radius 1 is 0.308 bits per heavy atom. The van der Waals surface area contributed by atoms with Gasteiger partial charge < -0.3 is 5.11 Å². The van der Waals surface area contributed by atoms with Gasteiger partial charge in [0.15, 0.2) is 0 Å². The summed E-state index contributed by atoms with van der Waals surface area (Å²) in [7, 11) is 0. The molecule has 0 radical (unpaired) electrons. The van der Waals surface area contributed by atoms with Crippen molar-refractivity contribution in [2.75, 3.05) is 11.9 Å². The fraction of sp³-hybridized carbons (Fsp3) is 0.600. The molecule has 0 aromatic carbocycles. The molecule has 0 unspecified atom stereocenters. The number of aliphatic hydroxyl groups is 1. The van der Waals surface area contributed by atoms with Gasteiger partial charge in [0.05, 0.1) is 6.61 Å². The lowest BCUT2D eigenvalue weighted by molar-refractivity contribution is 0.341. The minimum absolute atomic E-state index is 0.156. The highest BCUT2D eigenvalue weighted by Gasteiger charge is 1.96. The SMILES string of the molecule is CC(C)=CCC/C(C)=C/CC/C(C)=C/CC/C(C)=C/CC/C(C)=C/CBr.CC(C)=CCC/C(C)=C/CC/C(C)=C/CC/C(C)=C/CC/C(C)=C/CO. The molecule has 0 spiro atoms. The van der Waals surface area contributed by atoms with Gasteiger partial charge in [-0.05, 0) is 186 Å². The van der Waals surface area contributed by atoms with Crippen LogP contribution in [0.3, 0.4) is 0 Å². The van der Waals surface area contributed by atoms with Crippen LogP contribution in [0.5, 0.6) is 0 Å². The predicted octanol–water partition coefficient (Wildman–Crippen LogP) is 17.1. The van der Waals surface area contributed by atoms with Crippen LogP contribution in [-0.2, 0) is 0 Å². The van der Waals surface area contributed by atoms with E-state index >= 15 is 0 Å². The molecule has 0 amide bonds. The van der Waals surface area contributed by atoms with E-state index in [0.717, 1.165) is 37.4 Å². The van der Waals surface area contributed by atoms with Gasteiger partial charge in [-0.3, -0.25) is 0 Å². The van der Waals surface area contributed by atoms with Crippen molar-refractivity contribution in [3.8, 4) is 0 Å². The standard InChI is InChI=1S/C25H41Br.C25H42O/c2*1-21(2)11-7-12-22(3)13-8-14-23(4)15-9-16-24(5)17-10-18-25(6)19-20-26/h11,13,15,17,19H,7-10,12,14,16,18,20H2,1-6H3;11,13,15,17,19,26H,7-10,12,14,16,18,20H2,1-6H3/b2*22-13+,23-15+,24-17+,25-19+. The molecule has 1 N–H and O–H groups in total. The van der Waals surface area contributed by atoms with Crippen molar-refractivity contribution in [1.29, 1.82) is 0 Å². The lowest BCUT2D eigenvalue weighted by atomic mass is 10.0. The van der Waals surface area contributed by atoms with Crippen molar-refractivity contribution in [2.24, 2.45) is 0 Å². The first kappa shape index (κ1) is 51.9. The Labute approximate surface area is 333 Å². The molecule has 0 aromatic heterocycles. The average molecular weight is 780 g/mol. The summed E-state index contributed by atoms with van der Waals surface area (Å²) < 4.78 is 0. The van der Waals surface area contributed by atoms with Crippen LogP contribution < -0.4 is 0 Å². The zero-order valence-corrected chi connectivity index (χ0v) is 37.9. The summed E-state index contributed by atoms with van der Waals surface area (Å²) in [5.41, 5.74) is 14.7. The number of rotatable bonds is 26. The van der Waals surface area contributed by atoms with E-state index < -0.39 is 0 Å². The second kappa shape index (κ2) is 35.8. The van der Waals surface area contributed by atoms with Crippen LogP contribution in [-0.4, -0.2) is 17.0 Å². The molecule has 296 valence electrons. The van der Waals surface area contributed by atoms with Crippen molar-refractivity contribution in [3.63, 3.8) is 0 Å². The summed E-state index contributed by atoms with van der Waals surface area (Å²) in [6, 6.07) is 0. The molecule has 52 heavy (non-hydrogen) atoms. The molecule has 0 heterocycles. The summed E-state index contributed by atoms with van der Waals surface area (Å²) in [6.07, 6.45) is 41.8. The third-order valence-electron chi connectivity index (χ3n) is 9.24. The van der Waals surface area contributed by atoms with Crippen molar-refractivity contribution in [3.05, 3.63) is 116 Å². The second-order valence-electron chi connectivity index (χ2n) is 15.6. The lowest BCUT2D eigenvalue weighted by Crippen LogP contribution is -1.83. The van der Waals surface area contributed by atoms with Crippen LogP contribution in [0.2, 0.25) is 0 Å². The summed E-state index contributed by atoms with van der Waals surface area (Å²) in [5, 5.41) is 9.83. The highest BCUT2D eigenvalue weighted by Crippen LogP contribution is 2.16. The predicted molar refractivity (Wildman–Crippen MR) is 244 cm³/mol. The van der Waals surface area contributed by atoms with Gasteiger partial charge in [0, 0.05) is 5.33 Å². The van der Waals surface area contributed by atoms with Crippen molar-refractivity contribution in [1.82, 2.24) is 0 Å². The van der Waals surface area contributed by atoms with Crippen molar-refractivity contribution in [2.45, 2.75) is 186 Å². The topological polar surface area (TPSA) is 20.2 Å². The Balaban J connectivity index is 0. The molecule has 0 fully saturated rings. The molecule has 0 bridgehead atoms. The zero-order valence-electron chi connectivity index (χ0n) is 36.3. The first-order valence-corrected chi connectivity index (χ1v) is 21.5. The molecule has 0 aromatic rings. The van der Waals surface area contributed by atoms with Gasteiger partial charge in [0.2, 0.25) is 0 Å². The Morgan fingerprint density at radius 2 is 0.500 bits per heavy atom. The quantitative estimate of drug-likeness (QED) is 0.0685. The molecule has 0 saturated carbocycles. The molecule has 0 aliphatic rings. The third kappa shape index (κ3) is 39.1. The van der Waals surface area contributed by atoms with Crippen LogP contribution in [0.25, 0.3) is 0 Å². The van der Waals surface area contributed by atoms with Crippen LogP contribution in [0.1, 0.15) is 186 Å². The van der Waals surface area contributed by atoms with E-state index in [4.69, 9.17) is 5.11 Å². The van der Waals surface area contributed by atoms with Gasteiger partial charge in [0.1, 0.15) is 0 Å². The fourth-order valence-electron chi connectivity index (χ4n) is 5.56. The van der Waals surface area contributed by atoms with Crippen molar-refractivity contribution >= 4 is 15.9 Å². The summed E-state index contributed by atoms with van der Waals surface area (Å²) in [6.45, 7) is 26.7. The van der Waals surface area contributed by atoms with E-state index in [9.17, 15) is 0 Å². The molecule has 0 rings (SSSR count). The number of aliphatic hydroxyl groups excluding tert-OH is 1. The van der Waals surface area contributed by atoms with E-state index in [1.807, 2.05) is 6.08 Å². The number of halogens is 1. The highest BCUT2D eigenvalue weighted by atomic mass is 79.9. The number of allylic oxidation sites excluding steroid dienone is 19. The van der Waals surface area contributed by atoms with Gasteiger partial charge in [-0.2, -0.15) is 0 Å². The lowest BCUT2D eigenvalue weighted by Gasteiger charge is -2.03. The first-order valence-electron chi connectivity index (χ1n) is 20.4. The van der Waals surface area contributed by atoms with Gasteiger partial charge in [-0.15, -0.1) is 0 Å². The largest absolute Gasteiger partial charge is 0.392 e. The van der Waals surface area contributed by atoms with Gasteiger partial charge in [0.25, 0.3) is 0 Å². The monoisotopic (exact) mass is 779 g/mol. The molecule has 0 aliphatic heterocycles. The van der Waals surface area contributed by atoms with E-state index in [1.165, 1.54) is 126 Å². The van der Waals surface area contributed by atoms with Crippen LogP contribution in [0, 0.1) is 0 Å². The number of alkyl halides is 1. The summed E-state index contributed by atoms with van der Waals surface area (Å²) in [5.74, 6) is 0. The number of hydrogen-bond donors (Lipinski definition) is 1. The Morgan fingerprint density at radius 3 is 0.692 bits per heavy atom. The molecule has 0 atom stereocenters. The maximum absolute atomic E-state index is 8.86. The second-order valence-corrected chi connectivity index (χ2v) is 16.3. The van der Waals surface area contributed by atoms with Crippen LogP contribution in [0.15, 0.2) is 116 Å². The van der Waals surface area contributed by atoms with Gasteiger partial charge in [-0.25, -0.2) is 0 Å². The summed E-state index contributed by atoms with van der Waals surface area (Å²) in [4.78, 5) is 0. The van der Waals surface area contributed by atoms with E-state index in [1.54, 1.807) is 0 Å². The van der Waals surface area contributed by atoms with E-state index in [2.05, 4.69) is 154 Å². The average Bonchev–Trinajstić information content (AvgIpc) is 3.05. The van der Waals surface area contributed by atoms with Gasteiger partial charge >= 0.3 is 0 Å². The van der Waals surface area contributed by atoms with E-state index in [0.29, 0.717) is 0 Å². The molecule has 1 nitrogen and oxygen atoms in total. The summed E-state index contributed by atoms with van der Waals surface area (Å²) >= 11 is 3.46. The molecular weight excluding hydrogens is 696 g/mol. The number of hydrogen-bond acceptors (Lipinski definition) is 1.